The average molecular weight is 257 g/mol. The highest BCUT2D eigenvalue weighted by Gasteiger charge is 2.10. The van der Waals surface area contributed by atoms with Gasteiger partial charge >= 0.3 is 0 Å². The van der Waals surface area contributed by atoms with Crippen molar-refractivity contribution in [2.45, 2.75) is 11.3 Å². The highest BCUT2D eigenvalue weighted by molar-refractivity contribution is 7.99. The molecule has 0 fully saturated rings. The Bertz CT molecular complexity index is 431. The van der Waals surface area contributed by atoms with E-state index in [1.165, 1.54) is 23.9 Å². The lowest BCUT2D eigenvalue weighted by molar-refractivity contribution is -0.384. The molecule has 1 rings (SSSR count). The van der Waals surface area contributed by atoms with E-state index >= 15 is 0 Å². The molecular weight excluding hydrogens is 248 g/mol. The lowest BCUT2D eigenvalue weighted by Crippen LogP contribution is -1.91. The second-order valence-electron chi connectivity index (χ2n) is 2.94. The van der Waals surface area contributed by atoms with Crippen LogP contribution in [-0.2, 0) is 0 Å². The average Bonchev–Trinajstić information content (AvgIpc) is 2.29. The predicted octanol–water partition coefficient (Wildman–Crippen LogP) is 3.19. The Kier molecular flexibility index (Phi) is 5.09. The lowest BCUT2D eigenvalue weighted by atomic mass is 10.2. The van der Waals surface area contributed by atoms with Crippen molar-refractivity contribution < 1.29 is 4.92 Å². The Hall–Kier alpha value is -1.25. The number of hydrogen-bond acceptors (Lipinski definition) is 4. The molecule has 0 N–H and O–H groups in total. The minimum atomic E-state index is -0.506. The summed E-state index contributed by atoms with van der Waals surface area (Å²) < 4.78 is 0. The van der Waals surface area contributed by atoms with Gasteiger partial charge in [-0.2, -0.15) is 5.26 Å². The molecule has 16 heavy (non-hydrogen) atoms. The lowest BCUT2D eigenvalue weighted by Gasteiger charge is -2.02. The first-order chi connectivity index (χ1) is 7.69. The maximum Gasteiger partial charge on any atom is 0.270 e. The number of hydrogen-bond donors (Lipinski definition) is 0. The number of halogens is 1. The second kappa shape index (κ2) is 6.36. The van der Waals surface area contributed by atoms with Crippen molar-refractivity contribution in [1.82, 2.24) is 0 Å². The van der Waals surface area contributed by atoms with Crippen LogP contribution >= 0.6 is 23.4 Å². The summed E-state index contributed by atoms with van der Waals surface area (Å²) in [7, 11) is 0. The van der Waals surface area contributed by atoms with Crippen LogP contribution in [0.5, 0.6) is 0 Å². The largest absolute Gasteiger partial charge is 0.270 e. The molecule has 1 aromatic rings. The smallest absolute Gasteiger partial charge is 0.258 e. The van der Waals surface area contributed by atoms with Crippen LogP contribution < -0.4 is 0 Å². The first-order valence-corrected chi connectivity index (χ1v) is 6.08. The van der Waals surface area contributed by atoms with Crippen LogP contribution in [0.15, 0.2) is 23.1 Å². The highest BCUT2D eigenvalue weighted by Crippen LogP contribution is 2.26. The van der Waals surface area contributed by atoms with Crippen LogP contribution in [-0.4, -0.2) is 16.6 Å². The molecule has 0 aliphatic carbocycles. The summed E-state index contributed by atoms with van der Waals surface area (Å²) in [5, 5.41) is 19.4. The predicted molar refractivity (Wildman–Crippen MR) is 63.9 cm³/mol. The molecule has 0 aromatic heterocycles. The summed E-state index contributed by atoms with van der Waals surface area (Å²) in [6.07, 6.45) is 0.841. The van der Waals surface area contributed by atoms with Gasteiger partial charge in [0.2, 0.25) is 0 Å². The van der Waals surface area contributed by atoms with Gasteiger partial charge in [0.05, 0.1) is 10.5 Å². The number of thioether (sulfide) groups is 1. The van der Waals surface area contributed by atoms with Crippen LogP contribution in [0.3, 0.4) is 0 Å². The fraction of sp³-hybridized carbons (Fsp3) is 0.300. The molecule has 0 unspecified atom stereocenters. The third kappa shape index (κ3) is 3.40. The van der Waals surface area contributed by atoms with Gasteiger partial charge in [0.1, 0.15) is 6.07 Å². The summed E-state index contributed by atoms with van der Waals surface area (Å²) in [6, 6.07) is 6.27. The topological polar surface area (TPSA) is 66.9 Å². The number of nitro benzene ring substituents is 1. The molecule has 0 amide bonds. The molecule has 0 radical (unpaired) electrons. The standard InChI is InChI=1S/C10H9ClN2O2S/c11-4-1-5-16-10-3-2-9(13(14)15)6-8(10)7-12/h2-3,6H,1,4-5H2. The minimum Gasteiger partial charge on any atom is -0.258 e. The number of benzene rings is 1. The Labute approximate surface area is 102 Å². The summed E-state index contributed by atoms with van der Waals surface area (Å²) in [5.74, 6) is 1.37. The van der Waals surface area contributed by atoms with Crippen LogP contribution in [0.25, 0.3) is 0 Å². The van der Waals surface area contributed by atoms with Crippen molar-refractivity contribution in [3.8, 4) is 6.07 Å². The van der Waals surface area contributed by atoms with E-state index in [1.54, 1.807) is 6.07 Å². The molecule has 0 aliphatic heterocycles. The highest BCUT2D eigenvalue weighted by atomic mass is 35.5. The molecule has 4 nitrogen and oxygen atoms in total. The van der Waals surface area contributed by atoms with Crippen LogP contribution in [0.2, 0.25) is 0 Å². The fourth-order valence-corrected chi connectivity index (χ4v) is 2.31. The van der Waals surface area contributed by atoms with E-state index in [-0.39, 0.29) is 5.69 Å². The molecule has 0 atom stereocenters. The van der Waals surface area contributed by atoms with E-state index in [0.717, 1.165) is 17.1 Å². The van der Waals surface area contributed by atoms with Gasteiger partial charge < -0.3 is 0 Å². The van der Waals surface area contributed by atoms with Gasteiger partial charge in [-0.15, -0.1) is 23.4 Å². The Morgan fingerprint density at radius 3 is 2.88 bits per heavy atom. The van der Waals surface area contributed by atoms with Crippen LogP contribution in [0, 0.1) is 21.4 Å². The quantitative estimate of drug-likeness (QED) is 0.267. The summed E-state index contributed by atoms with van der Waals surface area (Å²) in [4.78, 5) is 10.8. The van der Waals surface area contributed by atoms with Gasteiger partial charge in [0.25, 0.3) is 5.69 Å². The van der Waals surface area contributed by atoms with Crippen molar-refractivity contribution in [3.63, 3.8) is 0 Å². The van der Waals surface area contributed by atoms with E-state index < -0.39 is 4.92 Å². The Morgan fingerprint density at radius 1 is 1.56 bits per heavy atom. The zero-order valence-corrected chi connectivity index (χ0v) is 9.92. The molecule has 0 heterocycles. The van der Waals surface area contributed by atoms with Crippen molar-refractivity contribution in [2.24, 2.45) is 0 Å². The van der Waals surface area contributed by atoms with E-state index in [1.807, 2.05) is 6.07 Å². The van der Waals surface area contributed by atoms with Crippen LogP contribution in [0.1, 0.15) is 12.0 Å². The number of nitrogens with zero attached hydrogens (tertiary/aromatic N) is 2. The summed E-state index contributed by atoms with van der Waals surface area (Å²) in [5.41, 5.74) is 0.284. The Morgan fingerprint density at radius 2 is 2.31 bits per heavy atom. The number of nitro groups is 1. The maximum absolute atomic E-state index is 10.5. The van der Waals surface area contributed by atoms with Crippen molar-refractivity contribution >= 4 is 29.1 Å². The van der Waals surface area contributed by atoms with E-state index in [4.69, 9.17) is 16.9 Å². The monoisotopic (exact) mass is 256 g/mol. The van der Waals surface area contributed by atoms with Crippen molar-refractivity contribution in [1.29, 1.82) is 5.26 Å². The van der Waals surface area contributed by atoms with E-state index in [0.29, 0.717) is 11.4 Å². The number of alkyl halides is 1. The van der Waals surface area contributed by atoms with E-state index in [2.05, 4.69) is 0 Å². The SMILES string of the molecule is N#Cc1cc([N+](=O)[O-])ccc1SCCCCl. The van der Waals surface area contributed by atoms with Gasteiger partial charge in [-0.25, -0.2) is 0 Å². The number of non-ortho nitro benzene ring substituents is 1. The van der Waals surface area contributed by atoms with Crippen LogP contribution in [0.4, 0.5) is 5.69 Å². The van der Waals surface area contributed by atoms with Gasteiger partial charge in [-0.3, -0.25) is 10.1 Å². The maximum atomic E-state index is 10.5. The molecule has 0 saturated heterocycles. The molecule has 0 spiro atoms. The van der Waals surface area contributed by atoms with Gasteiger partial charge in [-0.05, 0) is 18.2 Å². The molecule has 0 bridgehead atoms. The minimum absolute atomic E-state index is 0.0572. The van der Waals surface area contributed by atoms with Gasteiger partial charge in [0.15, 0.2) is 0 Å². The first-order valence-electron chi connectivity index (χ1n) is 4.56. The second-order valence-corrected chi connectivity index (χ2v) is 4.46. The van der Waals surface area contributed by atoms with E-state index in [9.17, 15) is 10.1 Å². The molecular formula is C10H9ClN2O2S. The zero-order chi connectivity index (χ0) is 12.0. The Balaban J connectivity index is 2.86. The van der Waals surface area contributed by atoms with Crippen molar-refractivity contribution in [3.05, 3.63) is 33.9 Å². The third-order valence-electron chi connectivity index (χ3n) is 1.83. The third-order valence-corrected chi connectivity index (χ3v) is 3.26. The summed E-state index contributed by atoms with van der Waals surface area (Å²) in [6.45, 7) is 0. The number of rotatable bonds is 5. The zero-order valence-electron chi connectivity index (χ0n) is 8.35. The van der Waals surface area contributed by atoms with Gasteiger partial charge in [-0.1, -0.05) is 0 Å². The molecule has 0 aliphatic rings. The normalized spacial score (nSPS) is 9.75. The molecule has 6 heteroatoms. The van der Waals surface area contributed by atoms with Crippen molar-refractivity contribution in [2.75, 3.05) is 11.6 Å². The first kappa shape index (κ1) is 12.8. The summed E-state index contributed by atoms with van der Waals surface area (Å²) >= 11 is 7.03. The molecule has 84 valence electrons. The van der Waals surface area contributed by atoms with Gasteiger partial charge in [0, 0.05) is 22.9 Å². The molecule has 1 aromatic carbocycles. The molecule has 0 saturated carbocycles. The fourth-order valence-electron chi connectivity index (χ4n) is 1.08. The number of nitriles is 1.